The van der Waals surface area contributed by atoms with Crippen molar-refractivity contribution in [2.75, 3.05) is 0 Å². The fourth-order valence-electron chi connectivity index (χ4n) is 2.04. The van der Waals surface area contributed by atoms with Crippen molar-refractivity contribution in [3.05, 3.63) is 70.2 Å². The molecule has 0 aliphatic carbocycles. The molecule has 0 bridgehead atoms. The lowest BCUT2D eigenvalue weighted by atomic mass is 10.0. The summed E-state index contributed by atoms with van der Waals surface area (Å²) in [7, 11) is 0. The Balaban J connectivity index is 2.00. The number of hydrogen-bond donors (Lipinski definition) is 0. The van der Waals surface area contributed by atoms with Crippen LogP contribution in [0, 0.1) is 10.5 Å². The molecule has 0 atom stereocenters. The van der Waals surface area contributed by atoms with Crippen LogP contribution in [0.2, 0.25) is 0 Å². The third kappa shape index (κ3) is 3.21. The molecule has 0 spiro atoms. The highest BCUT2D eigenvalue weighted by atomic mass is 127. The summed E-state index contributed by atoms with van der Waals surface area (Å²) < 4.78 is 7.10. The largest absolute Gasteiger partial charge is 0.438 e. The van der Waals surface area contributed by atoms with E-state index in [0.29, 0.717) is 5.88 Å². The Labute approximate surface area is 137 Å². The van der Waals surface area contributed by atoms with Gasteiger partial charge in [-0.1, -0.05) is 0 Å². The van der Waals surface area contributed by atoms with Gasteiger partial charge in [-0.3, -0.25) is 4.98 Å². The quantitative estimate of drug-likeness (QED) is 0.602. The Hall–Kier alpha value is -1.95. The molecule has 0 aliphatic heterocycles. The smallest absolute Gasteiger partial charge is 0.227 e. The first kappa shape index (κ1) is 14.0. The Bertz CT molecular complexity index is 757. The number of nitrogens with zero attached hydrogens (tertiary/aromatic N) is 2. The average molecular weight is 388 g/mol. The third-order valence-electron chi connectivity index (χ3n) is 3.13. The van der Waals surface area contributed by atoms with E-state index in [9.17, 15) is 0 Å². The number of aromatic nitrogens is 2. The number of hydrogen-bond acceptors (Lipinski definition) is 3. The Morgan fingerprint density at radius 2 is 1.76 bits per heavy atom. The van der Waals surface area contributed by atoms with Gasteiger partial charge < -0.3 is 4.74 Å². The molecule has 0 saturated carbocycles. The molecule has 3 nitrogen and oxygen atoms in total. The molecule has 2 aromatic heterocycles. The standard InChI is InChI=1S/C17H13IN2O/c1-12-8-10-19-11-16(12)15-3-2-9-20-17(15)21-14-6-4-13(18)5-7-14/h2-11H,1H3. The minimum absolute atomic E-state index is 0.592. The molecular formula is C17H13IN2O. The van der Waals surface area contributed by atoms with E-state index in [4.69, 9.17) is 4.74 Å². The van der Waals surface area contributed by atoms with Gasteiger partial charge in [0.25, 0.3) is 0 Å². The normalized spacial score (nSPS) is 10.4. The summed E-state index contributed by atoms with van der Waals surface area (Å²) in [6.45, 7) is 2.05. The van der Waals surface area contributed by atoms with Gasteiger partial charge in [0.1, 0.15) is 5.75 Å². The number of pyridine rings is 2. The van der Waals surface area contributed by atoms with Crippen molar-refractivity contribution in [2.24, 2.45) is 0 Å². The van der Waals surface area contributed by atoms with Crippen LogP contribution in [-0.4, -0.2) is 9.97 Å². The van der Waals surface area contributed by atoms with Gasteiger partial charge in [-0.15, -0.1) is 0 Å². The molecule has 0 unspecified atom stereocenters. The zero-order chi connectivity index (χ0) is 14.7. The van der Waals surface area contributed by atoms with Crippen LogP contribution < -0.4 is 4.74 Å². The van der Waals surface area contributed by atoms with E-state index in [1.54, 1.807) is 12.4 Å². The van der Waals surface area contributed by atoms with E-state index in [1.165, 1.54) is 3.57 Å². The topological polar surface area (TPSA) is 35.0 Å². The maximum Gasteiger partial charge on any atom is 0.227 e. The van der Waals surface area contributed by atoms with Crippen LogP contribution in [0.4, 0.5) is 0 Å². The summed E-state index contributed by atoms with van der Waals surface area (Å²) in [5, 5.41) is 0. The second-order valence-electron chi connectivity index (χ2n) is 4.60. The first-order valence-electron chi connectivity index (χ1n) is 6.53. The number of benzene rings is 1. The zero-order valence-corrected chi connectivity index (χ0v) is 13.6. The lowest BCUT2D eigenvalue weighted by Gasteiger charge is -2.11. The number of rotatable bonds is 3. The van der Waals surface area contributed by atoms with Crippen molar-refractivity contribution in [2.45, 2.75) is 6.92 Å². The lowest BCUT2D eigenvalue weighted by Crippen LogP contribution is -1.93. The maximum absolute atomic E-state index is 5.93. The second-order valence-corrected chi connectivity index (χ2v) is 5.85. The van der Waals surface area contributed by atoms with E-state index in [0.717, 1.165) is 22.4 Å². The molecule has 0 fully saturated rings. The van der Waals surface area contributed by atoms with Gasteiger partial charge in [-0.2, -0.15) is 0 Å². The molecule has 3 rings (SSSR count). The van der Waals surface area contributed by atoms with Gasteiger partial charge >= 0.3 is 0 Å². The Morgan fingerprint density at radius 1 is 0.952 bits per heavy atom. The highest BCUT2D eigenvalue weighted by molar-refractivity contribution is 14.1. The predicted octanol–water partition coefficient (Wildman–Crippen LogP) is 4.85. The van der Waals surface area contributed by atoms with Gasteiger partial charge in [0.2, 0.25) is 5.88 Å². The number of halogens is 1. The van der Waals surface area contributed by atoms with Crippen molar-refractivity contribution in [3.63, 3.8) is 0 Å². The molecule has 4 heteroatoms. The monoisotopic (exact) mass is 388 g/mol. The minimum Gasteiger partial charge on any atom is -0.438 e. The van der Waals surface area contributed by atoms with Crippen LogP contribution in [0.25, 0.3) is 11.1 Å². The van der Waals surface area contributed by atoms with Crippen molar-refractivity contribution in [3.8, 4) is 22.8 Å². The van der Waals surface area contributed by atoms with E-state index in [2.05, 4.69) is 39.5 Å². The minimum atomic E-state index is 0.592. The van der Waals surface area contributed by atoms with E-state index in [1.807, 2.05) is 48.7 Å². The van der Waals surface area contributed by atoms with Crippen LogP contribution in [-0.2, 0) is 0 Å². The van der Waals surface area contributed by atoms with Gasteiger partial charge in [0.05, 0.1) is 0 Å². The fourth-order valence-corrected chi connectivity index (χ4v) is 2.40. The van der Waals surface area contributed by atoms with E-state index >= 15 is 0 Å². The van der Waals surface area contributed by atoms with Crippen molar-refractivity contribution in [1.29, 1.82) is 0 Å². The first-order valence-corrected chi connectivity index (χ1v) is 7.61. The van der Waals surface area contributed by atoms with Gasteiger partial charge in [0.15, 0.2) is 0 Å². The van der Waals surface area contributed by atoms with E-state index < -0.39 is 0 Å². The number of ether oxygens (including phenoxy) is 1. The summed E-state index contributed by atoms with van der Waals surface area (Å²) in [5.41, 5.74) is 3.12. The predicted molar refractivity (Wildman–Crippen MR) is 91.4 cm³/mol. The van der Waals surface area contributed by atoms with Crippen LogP contribution in [0.3, 0.4) is 0 Å². The molecule has 0 amide bonds. The zero-order valence-electron chi connectivity index (χ0n) is 11.5. The fraction of sp³-hybridized carbons (Fsp3) is 0.0588. The van der Waals surface area contributed by atoms with Crippen LogP contribution in [0.5, 0.6) is 11.6 Å². The summed E-state index contributed by atoms with van der Waals surface area (Å²) in [4.78, 5) is 8.56. The molecule has 0 N–H and O–H groups in total. The molecule has 2 heterocycles. The molecule has 0 aliphatic rings. The second kappa shape index (κ2) is 6.22. The molecule has 104 valence electrons. The van der Waals surface area contributed by atoms with Crippen molar-refractivity contribution >= 4 is 22.6 Å². The summed E-state index contributed by atoms with van der Waals surface area (Å²) in [6.07, 6.45) is 5.36. The van der Waals surface area contributed by atoms with Gasteiger partial charge in [-0.25, -0.2) is 4.98 Å². The van der Waals surface area contributed by atoms with Crippen molar-refractivity contribution in [1.82, 2.24) is 9.97 Å². The van der Waals surface area contributed by atoms with Crippen molar-refractivity contribution < 1.29 is 4.74 Å². The number of aryl methyl sites for hydroxylation is 1. The summed E-state index contributed by atoms with van der Waals surface area (Å²) in [6, 6.07) is 13.8. The highest BCUT2D eigenvalue weighted by Gasteiger charge is 2.10. The third-order valence-corrected chi connectivity index (χ3v) is 3.85. The molecule has 21 heavy (non-hydrogen) atoms. The lowest BCUT2D eigenvalue weighted by molar-refractivity contribution is 0.465. The summed E-state index contributed by atoms with van der Waals surface area (Å²) in [5.74, 6) is 1.37. The van der Waals surface area contributed by atoms with Crippen LogP contribution in [0.15, 0.2) is 61.1 Å². The molecule has 1 aromatic carbocycles. The average Bonchev–Trinajstić information content (AvgIpc) is 2.51. The summed E-state index contributed by atoms with van der Waals surface area (Å²) >= 11 is 2.27. The SMILES string of the molecule is Cc1ccncc1-c1cccnc1Oc1ccc(I)cc1. The van der Waals surface area contributed by atoms with Crippen LogP contribution >= 0.6 is 22.6 Å². The van der Waals surface area contributed by atoms with Gasteiger partial charge in [-0.05, 0) is 77.5 Å². The van der Waals surface area contributed by atoms with Gasteiger partial charge in [0, 0.05) is 33.3 Å². The Kier molecular flexibility index (Phi) is 4.15. The molecular weight excluding hydrogens is 375 g/mol. The first-order chi connectivity index (χ1) is 10.2. The van der Waals surface area contributed by atoms with E-state index in [-0.39, 0.29) is 0 Å². The molecule has 0 saturated heterocycles. The molecule has 3 aromatic rings. The highest BCUT2D eigenvalue weighted by Crippen LogP contribution is 2.32. The Morgan fingerprint density at radius 3 is 2.52 bits per heavy atom. The van der Waals surface area contributed by atoms with Crippen LogP contribution in [0.1, 0.15) is 5.56 Å². The maximum atomic E-state index is 5.93. The molecule has 0 radical (unpaired) electrons.